The fraction of sp³-hybridized carbons (Fsp3) is 0.615. The maximum Gasteiger partial charge on any atom is 0.250 e. The molecule has 1 aromatic rings. The number of rotatable bonds is 3. The fourth-order valence-electron chi connectivity index (χ4n) is 2.26. The molecule has 1 N–H and O–H groups in total. The van der Waals surface area contributed by atoms with Crippen LogP contribution in [0.15, 0.2) is 23.1 Å². The normalized spacial score (nSPS) is 20.9. The zero-order valence-corrected chi connectivity index (χ0v) is 9.91. The highest BCUT2D eigenvalue weighted by atomic mass is 16.1. The minimum Gasteiger partial charge on any atom is -0.315 e. The molecule has 1 unspecified atom stereocenters. The summed E-state index contributed by atoms with van der Waals surface area (Å²) in [5.74, 6) is 0. The molecule has 3 nitrogen and oxygen atoms in total. The summed E-state index contributed by atoms with van der Waals surface area (Å²) in [6.07, 6.45) is 6.82. The summed E-state index contributed by atoms with van der Waals surface area (Å²) in [4.78, 5) is 11.7. The van der Waals surface area contributed by atoms with Gasteiger partial charge in [-0.3, -0.25) is 4.79 Å². The minimum atomic E-state index is 0.121. The maximum atomic E-state index is 11.7. The van der Waals surface area contributed by atoms with Crippen molar-refractivity contribution in [3.8, 4) is 0 Å². The lowest BCUT2D eigenvalue weighted by atomic mass is 10.0. The van der Waals surface area contributed by atoms with Gasteiger partial charge in [0, 0.05) is 24.8 Å². The summed E-state index contributed by atoms with van der Waals surface area (Å²) in [6.45, 7) is 3.92. The van der Waals surface area contributed by atoms with E-state index in [1.165, 1.54) is 19.3 Å². The van der Waals surface area contributed by atoms with Crippen LogP contribution in [-0.2, 0) is 6.54 Å². The van der Waals surface area contributed by atoms with Gasteiger partial charge in [0.25, 0.3) is 5.56 Å². The van der Waals surface area contributed by atoms with Gasteiger partial charge in [-0.1, -0.05) is 6.42 Å². The third-order valence-electron chi connectivity index (χ3n) is 3.28. The second-order valence-electron chi connectivity index (χ2n) is 4.67. The SMILES string of the molecule is Cc1ccn(CCC2CCCCN2)c(=O)c1. The van der Waals surface area contributed by atoms with Crippen LogP contribution in [0.25, 0.3) is 0 Å². The van der Waals surface area contributed by atoms with Crippen LogP contribution in [0.1, 0.15) is 31.2 Å². The van der Waals surface area contributed by atoms with E-state index in [0.717, 1.165) is 25.1 Å². The van der Waals surface area contributed by atoms with Gasteiger partial charge in [0.1, 0.15) is 0 Å². The van der Waals surface area contributed by atoms with Gasteiger partial charge in [-0.2, -0.15) is 0 Å². The Morgan fingerprint density at radius 2 is 2.38 bits per heavy atom. The summed E-state index contributed by atoms with van der Waals surface area (Å²) in [7, 11) is 0. The highest BCUT2D eigenvalue weighted by Crippen LogP contribution is 2.10. The van der Waals surface area contributed by atoms with Crippen molar-refractivity contribution in [3.05, 3.63) is 34.2 Å². The van der Waals surface area contributed by atoms with Gasteiger partial charge >= 0.3 is 0 Å². The summed E-state index contributed by atoms with van der Waals surface area (Å²) >= 11 is 0. The van der Waals surface area contributed by atoms with E-state index in [0.29, 0.717) is 6.04 Å². The van der Waals surface area contributed by atoms with Crippen molar-refractivity contribution in [2.24, 2.45) is 0 Å². The number of aromatic nitrogens is 1. The Kier molecular flexibility index (Phi) is 3.78. The van der Waals surface area contributed by atoms with Crippen molar-refractivity contribution in [1.29, 1.82) is 0 Å². The average Bonchev–Trinajstić information content (AvgIpc) is 2.29. The molecule has 1 fully saturated rings. The zero-order chi connectivity index (χ0) is 11.4. The van der Waals surface area contributed by atoms with Crippen LogP contribution >= 0.6 is 0 Å². The molecule has 1 atom stereocenters. The first-order valence-electron chi connectivity index (χ1n) is 6.16. The topological polar surface area (TPSA) is 34.0 Å². The molecule has 2 rings (SSSR count). The van der Waals surface area contributed by atoms with Gasteiger partial charge in [-0.15, -0.1) is 0 Å². The Morgan fingerprint density at radius 1 is 1.50 bits per heavy atom. The third-order valence-corrected chi connectivity index (χ3v) is 3.28. The first-order chi connectivity index (χ1) is 7.75. The number of pyridine rings is 1. The van der Waals surface area contributed by atoms with Gasteiger partial charge in [0.15, 0.2) is 0 Å². The van der Waals surface area contributed by atoms with Crippen molar-refractivity contribution in [1.82, 2.24) is 9.88 Å². The van der Waals surface area contributed by atoms with Crippen molar-refractivity contribution in [3.63, 3.8) is 0 Å². The molecule has 0 spiro atoms. The molecule has 16 heavy (non-hydrogen) atoms. The van der Waals surface area contributed by atoms with Crippen LogP contribution in [-0.4, -0.2) is 17.2 Å². The zero-order valence-electron chi connectivity index (χ0n) is 9.91. The molecule has 0 amide bonds. The van der Waals surface area contributed by atoms with Gasteiger partial charge in [-0.05, 0) is 44.4 Å². The van der Waals surface area contributed by atoms with Gasteiger partial charge < -0.3 is 9.88 Å². The summed E-state index contributed by atoms with van der Waals surface area (Å²) < 4.78 is 1.81. The van der Waals surface area contributed by atoms with Crippen LogP contribution in [0.5, 0.6) is 0 Å². The molecule has 2 heterocycles. The molecule has 88 valence electrons. The molecule has 0 bridgehead atoms. The van der Waals surface area contributed by atoms with Crippen LogP contribution < -0.4 is 10.9 Å². The molecule has 0 aromatic carbocycles. The van der Waals surface area contributed by atoms with Crippen molar-refractivity contribution >= 4 is 0 Å². The van der Waals surface area contributed by atoms with Crippen molar-refractivity contribution < 1.29 is 0 Å². The maximum absolute atomic E-state index is 11.7. The number of nitrogens with zero attached hydrogens (tertiary/aromatic N) is 1. The first-order valence-corrected chi connectivity index (χ1v) is 6.16. The molecular formula is C13H20N2O. The van der Waals surface area contributed by atoms with Crippen LogP contribution in [0.2, 0.25) is 0 Å². The lowest BCUT2D eigenvalue weighted by molar-refractivity contribution is 0.365. The number of nitrogens with one attached hydrogen (secondary N) is 1. The standard InChI is InChI=1S/C13H20N2O/c1-11-5-8-15(13(16)10-11)9-6-12-4-2-3-7-14-12/h5,8,10,12,14H,2-4,6-7,9H2,1H3. The van der Waals surface area contributed by atoms with E-state index in [1.54, 1.807) is 6.07 Å². The predicted molar refractivity (Wildman–Crippen MR) is 65.7 cm³/mol. The predicted octanol–water partition coefficient (Wildman–Crippen LogP) is 1.69. The summed E-state index contributed by atoms with van der Waals surface area (Å²) in [5.41, 5.74) is 1.16. The molecule has 1 aliphatic heterocycles. The van der Waals surface area contributed by atoms with E-state index in [9.17, 15) is 4.79 Å². The average molecular weight is 220 g/mol. The monoisotopic (exact) mass is 220 g/mol. The number of hydrogen-bond donors (Lipinski definition) is 1. The van der Waals surface area contributed by atoms with E-state index in [4.69, 9.17) is 0 Å². The van der Waals surface area contributed by atoms with Crippen LogP contribution in [0, 0.1) is 6.92 Å². The Balaban J connectivity index is 1.91. The van der Waals surface area contributed by atoms with E-state index in [1.807, 2.05) is 23.8 Å². The van der Waals surface area contributed by atoms with E-state index < -0.39 is 0 Å². The van der Waals surface area contributed by atoms with Crippen LogP contribution in [0.4, 0.5) is 0 Å². The Morgan fingerprint density at radius 3 is 3.06 bits per heavy atom. The molecular weight excluding hydrogens is 200 g/mol. The lowest BCUT2D eigenvalue weighted by Crippen LogP contribution is -2.35. The second-order valence-corrected chi connectivity index (χ2v) is 4.67. The largest absolute Gasteiger partial charge is 0.315 e. The second kappa shape index (κ2) is 5.30. The molecule has 0 saturated carbocycles. The molecule has 3 heteroatoms. The Hall–Kier alpha value is -1.09. The van der Waals surface area contributed by atoms with E-state index in [2.05, 4.69) is 5.32 Å². The summed E-state index contributed by atoms with van der Waals surface area (Å²) in [5, 5.41) is 3.50. The Labute approximate surface area is 96.5 Å². The van der Waals surface area contributed by atoms with E-state index in [-0.39, 0.29) is 5.56 Å². The fourth-order valence-corrected chi connectivity index (χ4v) is 2.26. The molecule has 1 saturated heterocycles. The number of piperidine rings is 1. The van der Waals surface area contributed by atoms with Gasteiger partial charge in [-0.25, -0.2) is 0 Å². The smallest absolute Gasteiger partial charge is 0.250 e. The van der Waals surface area contributed by atoms with Crippen LogP contribution in [0.3, 0.4) is 0 Å². The minimum absolute atomic E-state index is 0.121. The quantitative estimate of drug-likeness (QED) is 0.841. The van der Waals surface area contributed by atoms with Gasteiger partial charge in [0.2, 0.25) is 0 Å². The van der Waals surface area contributed by atoms with Crippen molar-refractivity contribution in [2.75, 3.05) is 6.54 Å². The molecule has 1 aliphatic rings. The van der Waals surface area contributed by atoms with Gasteiger partial charge in [0.05, 0.1) is 0 Å². The summed E-state index contributed by atoms with van der Waals surface area (Å²) in [6, 6.07) is 4.30. The van der Waals surface area contributed by atoms with Crippen molar-refractivity contribution in [2.45, 2.75) is 45.2 Å². The number of hydrogen-bond acceptors (Lipinski definition) is 2. The highest BCUT2D eigenvalue weighted by molar-refractivity contribution is 5.07. The Bertz CT molecular complexity index is 391. The third kappa shape index (κ3) is 2.95. The number of aryl methyl sites for hydroxylation is 2. The molecule has 0 radical (unpaired) electrons. The highest BCUT2D eigenvalue weighted by Gasteiger charge is 2.12. The van der Waals surface area contributed by atoms with E-state index >= 15 is 0 Å². The molecule has 0 aliphatic carbocycles. The lowest BCUT2D eigenvalue weighted by Gasteiger charge is -2.23. The molecule has 1 aromatic heterocycles. The first kappa shape index (κ1) is 11.4.